The van der Waals surface area contributed by atoms with Gasteiger partial charge in [0.25, 0.3) is 0 Å². The maximum atomic E-state index is 11.6. The first-order valence-corrected chi connectivity index (χ1v) is 5.54. The Kier molecular flexibility index (Phi) is 2.58. The van der Waals surface area contributed by atoms with Crippen molar-refractivity contribution in [3.63, 3.8) is 0 Å². The Morgan fingerprint density at radius 3 is 2.44 bits per heavy atom. The number of hydrogen-bond acceptors (Lipinski definition) is 2. The Bertz CT molecular complexity index is 591. The summed E-state index contributed by atoms with van der Waals surface area (Å²) < 4.78 is 5.31. The highest BCUT2D eigenvalue weighted by molar-refractivity contribution is 5.81. The molecule has 0 N–H and O–H groups in total. The second-order valence-corrected chi connectivity index (χ2v) is 4.55. The van der Waals surface area contributed by atoms with Crippen molar-refractivity contribution in [3.05, 3.63) is 45.3 Å². The Labute approximate surface area is 94.9 Å². The fourth-order valence-corrected chi connectivity index (χ4v) is 1.82. The van der Waals surface area contributed by atoms with E-state index in [-0.39, 0.29) is 5.63 Å². The van der Waals surface area contributed by atoms with Gasteiger partial charge in [0.1, 0.15) is 5.58 Å². The zero-order chi connectivity index (χ0) is 11.9. The van der Waals surface area contributed by atoms with E-state index in [4.69, 9.17) is 4.42 Å². The van der Waals surface area contributed by atoms with Crippen molar-refractivity contribution < 1.29 is 4.42 Å². The lowest BCUT2D eigenvalue weighted by molar-refractivity contribution is 0.553. The van der Waals surface area contributed by atoms with Crippen molar-refractivity contribution in [2.75, 3.05) is 0 Å². The first-order valence-electron chi connectivity index (χ1n) is 5.54. The van der Waals surface area contributed by atoms with Crippen LogP contribution in [-0.4, -0.2) is 0 Å². The molecule has 0 spiro atoms. The standard InChI is InChI=1S/C14H16O2/c1-8(2)11-5-6-12-9(3)10(4)14(15)16-13(12)7-11/h5-8H,1-4H3. The van der Waals surface area contributed by atoms with Crippen LogP contribution < -0.4 is 5.63 Å². The van der Waals surface area contributed by atoms with Crippen LogP contribution >= 0.6 is 0 Å². The number of rotatable bonds is 1. The van der Waals surface area contributed by atoms with Gasteiger partial charge in [0.15, 0.2) is 0 Å². The van der Waals surface area contributed by atoms with Crippen LogP contribution in [0.15, 0.2) is 27.4 Å². The normalized spacial score (nSPS) is 11.3. The molecule has 0 saturated carbocycles. The van der Waals surface area contributed by atoms with Gasteiger partial charge in [-0.1, -0.05) is 26.0 Å². The smallest absolute Gasteiger partial charge is 0.339 e. The van der Waals surface area contributed by atoms with Crippen LogP contribution in [0.2, 0.25) is 0 Å². The molecule has 1 aromatic carbocycles. The summed E-state index contributed by atoms with van der Waals surface area (Å²) in [5, 5.41) is 1.03. The second kappa shape index (κ2) is 3.78. The van der Waals surface area contributed by atoms with Crippen molar-refractivity contribution in [2.24, 2.45) is 0 Å². The van der Waals surface area contributed by atoms with Crippen LogP contribution in [0.25, 0.3) is 11.0 Å². The SMILES string of the molecule is Cc1c(C)c2ccc(C(C)C)cc2oc1=O. The molecule has 0 aliphatic heterocycles. The summed E-state index contributed by atoms with van der Waals surface area (Å²) >= 11 is 0. The summed E-state index contributed by atoms with van der Waals surface area (Å²) in [7, 11) is 0. The Morgan fingerprint density at radius 2 is 1.81 bits per heavy atom. The lowest BCUT2D eigenvalue weighted by Gasteiger charge is -2.08. The minimum absolute atomic E-state index is 0.231. The van der Waals surface area contributed by atoms with E-state index < -0.39 is 0 Å². The van der Waals surface area contributed by atoms with E-state index in [9.17, 15) is 4.79 Å². The van der Waals surface area contributed by atoms with Crippen LogP contribution in [0.4, 0.5) is 0 Å². The molecule has 84 valence electrons. The van der Waals surface area contributed by atoms with E-state index in [0.29, 0.717) is 17.1 Å². The molecule has 16 heavy (non-hydrogen) atoms. The van der Waals surface area contributed by atoms with Crippen molar-refractivity contribution in [1.29, 1.82) is 0 Å². The molecule has 1 aromatic heterocycles. The maximum Gasteiger partial charge on any atom is 0.339 e. The van der Waals surface area contributed by atoms with Gasteiger partial charge in [-0.15, -0.1) is 0 Å². The summed E-state index contributed by atoms with van der Waals surface area (Å²) in [6.07, 6.45) is 0. The zero-order valence-electron chi connectivity index (χ0n) is 10.1. The summed E-state index contributed by atoms with van der Waals surface area (Å²) in [5.74, 6) is 0.441. The first-order chi connectivity index (χ1) is 7.50. The van der Waals surface area contributed by atoms with E-state index in [1.54, 1.807) is 6.92 Å². The number of aryl methyl sites for hydroxylation is 1. The number of benzene rings is 1. The van der Waals surface area contributed by atoms with Crippen LogP contribution in [0.3, 0.4) is 0 Å². The van der Waals surface area contributed by atoms with Crippen LogP contribution in [0.5, 0.6) is 0 Å². The van der Waals surface area contributed by atoms with Gasteiger partial charge in [-0.05, 0) is 37.0 Å². The molecule has 2 heteroatoms. The van der Waals surface area contributed by atoms with E-state index in [0.717, 1.165) is 10.9 Å². The van der Waals surface area contributed by atoms with Gasteiger partial charge >= 0.3 is 5.63 Å². The predicted molar refractivity (Wildman–Crippen MR) is 66.0 cm³/mol. The van der Waals surface area contributed by atoms with Crippen LogP contribution in [-0.2, 0) is 0 Å². The first kappa shape index (κ1) is 10.9. The summed E-state index contributed by atoms with van der Waals surface area (Å²) in [6, 6.07) is 6.10. The highest BCUT2D eigenvalue weighted by atomic mass is 16.4. The van der Waals surface area contributed by atoms with Gasteiger partial charge in [0.2, 0.25) is 0 Å². The molecule has 0 fully saturated rings. The van der Waals surface area contributed by atoms with E-state index in [2.05, 4.69) is 19.9 Å². The average molecular weight is 216 g/mol. The van der Waals surface area contributed by atoms with Gasteiger partial charge in [0, 0.05) is 10.9 Å². The molecular formula is C14H16O2. The molecular weight excluding hydrogens is 200 g/mol. The minimum Gasteiger partial charge on any atom is -0.423 e. The predicted octanol–water partition coefficient (Wildman–Crippen LogP) is 3.53. The third kappa shape index (κ3) is 1.64. The molecule has 2 nitrogen and oxygen atoms in total. The minimum atomic E-state index is -0.231. The molecule has 0 bridgehead atoms. The summed E-state index contributed by atoms with van der Waals surface area (Å²) in [5.41, 5.74) is 3.37. The summed E-state index contributed by atoms with van der Waals surface area (Å²) in [4.78, 5) is 11.6. The van der Waals surface area contributed by atoms with Crippen molar-refractivity contribution >= 4 is 11.0 Å². The van der Waals surface area contributed by atoms with Gasteiger partial charge in [-0.2, -0.15) is 0 Å². The van der Waals surface area contributed by atoms with Gasteiger partial charge in [-0.25, -0.2) is 4.79 Å². The molecule has 2 rings (SSSR count). The van der Waals surface area contributed by atoms with Crippen LogP contribution in [0, 0.1) is 13.8 Å². The van der Waals surface area contributed by atoms with Crippen molar-refractivity contribution in [1.82, 2.24) is 0 Å². The van der Waals surface area contributed by atoms with Crippen LogP contribution in [0.1, 0.15) is 36.5 Å². The lowest BCUT2D eigenvalue weighted by Crippen LogP contribution is -2.05. The van der Waals surface area contributed by atoms with Crippen molar-refractivity contribution in [3.8, 4) is 0 Å². The maximum absolute atomic E-state index is 11.6. The Morgan fingerprint density at radius 1 is 1.12 bits per heavy atom. The molecule has 0 aliphatic carbocycles. The molecule has 0 unspecified atom stereocenters. The van der Waals surface area contributed by atoms with Crippen molar-refractivity contribution in [2.45, 2.75) is 33.6 Å². The molecule has 2 aromatic rings. The lowest BCUT2D eigenvalue weighted by atomic mass is 9.99. The summed E-state index contributed by atoms with van der Waals surface area (Å²) in [6.45, 7) is 8.02. The third-order valence-electron chi connectivity index (χ3n) is 3.15. The molecule has 0 radical (unpaired) electrons. The van der Waals surface area contributed by atoms with E-state index in [1.807, 2.05) is 19.1 Å². The zero-order valence-corrected chi connectivity index (χ0v) is 10.1. The topological polar surface area (TPSA) is 30.2 Å². The highest BCUT2D eigenvalue weighted by Gasteiger charge is 2.08. The monoisotopic (exact) mass is 216 g/mol. The highest BCUT2D eigenvalue weighted by Crippen LogP contribution is 2.23. The van der Waals surface area contributed by atoms with E-state index in [1.165, 1.54) is 5.56 Å². The quantitative estimate of drug-likeness (QED) is 0.682. The second-order valence-electron chi connectivity index (χ2n) is 4.55. The number of hydrogen-bond donors (Lipinski definition) is 0. The third-order valence-corrected chi connectivity index (χ3v) is 3.15. The fraction of sp³-hybridized carbons (Fsp3) is 0.357. The van der Waals surface area contributed by atoms with Gasteiger partial charge < -0.3 is 4.42 Å². The average Bonchev–Trinajstić information content (AvgIpc) is 2.25. The molecule has 0 atom stereocenters. The molecule has 1 heterocycles. The Balaban J connectivity index is 2.81. The van der Waals surface area contributed by atoms with Gasteiger partial charge in [-0.3, -0.25) is 0 Å². The Hall–Kier alpha value is -1.57. The molecule has 0 saturated heterocycles. The molecule has 0 aliphatic rings. The van der Waals surface area contributed by atoms with Gasteiger partial charge in [0.05, 0.1) is 0 Å². The van der Waals surface area contributed by atoms with E-state index >= 15 is 0 Å². The fourth-order valence-electron chi connectivity index (χ4n) is 1.82. The largest absolute Gasteiger partial charge is 0.423 e. The number of fused-ring (bicyclic) bond motifs is 1. The molecule has 0 amide bonds.